The van der Waals surface area contributed by atoms with Crippen LogP contribution in [0.25, 0.3) is 0 Å². The molecule has 2 fully saturated rings. The van der Waals surface area contributed by atoms with Gasteiger partial charge in [-0.15, -0.1) is 0 Å². The Bertz CT molecular complexity index is 299. The number of rotatable bonds is 3. The van der Waals surface area contributed by atoms with Gasteiger partial charge >= 0.3 is 0 Å². The molecule has 0 heterocycles. The van der Waals surface area contributed by atoms with Crippen LogP contribution in [0.1, 0.15) is 89.0 Å². The second-order valence-electron chi connectivity index (χ2n) is 10.2. The van der Waals surface area contributed by atoms with Crippen LogP contribution >= 0.6 is 0 Å². The van der Waals surface area contributed by atoms with Crippen LogP contribution in [0.3, 0.4) is 0 Å². The average Bonchev–Trinajstić information content (AvgIpc) is 2.85. The average molecular weight is 337 g/mol. The van der Waals surface area contributed by atoms with E-state index in [0.717, 1.165) is 65.1 Å². The quantitative estimate of drug-likeness (QED) is 0.493. The van der Waals surface area contributed by atoms with Crippen molar-refractivity contribution in [1.82, 2.24) is 0 Å². The van der Waals surface area contributed by atoms with Crippen molar-refractivity contribution < 1.29 is 0 Å². The first-order valence-corrected chi connectivity index (χ1v) is 11.0. The van der Waals surface area contributed by atoms with Crippen LogP contribution in [0.4, 0.5) is 0 Å². The summed E-state index contributed by atoms with van der Waals surface area (Å²) in [6.45, 7) is 26.7. The van der Waals surface area contributed by atoms with Crippen LogP contribution in [-0.4, -0.2) is 0 Å². The third-order valence-electron chi connectivity index (χ3n) is 9.04. The van der Waals surface area contributed by atoms with Gasteiger partial charge in [0.1, 0.15) is 0 Å². The zero-order valence-electron chi connectivity index (χ0n) is 18.8. The molecule has 2 saturated carbocycles. The number of hydrogen-bond donors (Lipinski definition) is 0. The molecule has 8 unspecified atom stereocenters. The minimum atomic E-state index is 0.884. The summed E-state index contributed by atoms with van der Waals surface area (Å²) in [5.41, 5.74) is 0. The molecule has 0 radical (unpaired) electrons. The molecular weight excluding hydrogens is 288 g/mol. The Morgan fingerprint density at radius 1 is 0.500 bits per heavy atom. The molecule has 0 amide bonds. The highest BCUT2D eigenvalue weighted by Crippen LogP contribution is 2.53. The summed E-state index contributed by atoms with van der Waals surface area (Å²) in [6, 6.07) is 0. The molecule has 0 heteroatoms. The van der Waals surface area contributed by atoms with Gasteiger partial charge in [0.05, 0.1) is 0 Å². The lowest BCUT2D eigenvalue weighted by Gasteiger charge is -2.30. The molecular formula is C24H48. The van der Waals surface area contributed by atoms with Gasteiger partial charge in [-0.1, -0.05) is 82.6 Å². The Kier molecular flexibility index (Phi) is 8.35. The maximum atomic E-state index is 2.52. The zero-order valence-corrected chi connectivity index (χ0v) is 18.8. The van der Waals surface area contributed by atoms with Gasteiger partial charge in [-0.05, 0) is 71.5 Å². The smallest absolute Gasteiger partial charge is 0.0355 e. The third-order valence-corrected chi connectivity index (χ3v) is 9.04. The van der Waals surface area contributed by atoms with Crippen LogP contribution in [0.5, 0.6) is 0 Å². The molecule has 0 N–H and O–H groups in total. The van der Waals surface area contributed by atoms with Crippen molar-refractivity contribution in [2.24, 2.45) is 65.1 Å². The van der Waals surface area contributed by atoms with Crippen molar-refractivity contribution in [3.8, 4) is 0 Å². The molecule has 0 spiro atoms. The lowest BCUT2D eigenvalue weighted by atomic mass is 9.76. The fraction of sp³-hybridized carbons (Fsp3) is 1.00. The molecule has 0 saturated heterocycles. The topological polar surface area (TPSA) is 0 Å². The van der Waals surface area contributed by atoms with E-state index < -0.39 is 0 Å². The molecule has 2 aliphatic rings. The van der Waals surface area contributed by atoms with E-state index in [1.54, 1.807) is 0 Å². The Morgan fingerprint density at radius 2 is 0.708 bits per heavy atom. The second kappa shape index (κ2) is 9.09. The molecule has 0 aromatic heterocycles. The minimum Gasteiger partial charge on any atom is -0.0651 e. The highest BCUT2D eigenvalue weighted by molar-refractivity contribution is 4.95. The van der Waals surface area contributed by atoms with Gasteiger partial charge in [0.25, 0.3) is 0 Å². The van der Waals surface area contributed by atoms with E-state index in [1.807, 2.05) is 0 Å². The van der Waals surface area contributed by atoms with Crippen LogP contribution in [0.2, 0.25) is 0 Å². The predicted octanol–water partition coefficient (Wildman–Crippen LogP) is 7.78. The molecule has 0 aromatic carbocycles. The van der Waals surface area contributed by atoms with E-state index in [2.05, 4.69) is 76.2 Å². The predicted molar refractivity (Wildman–Crippen MR) is 110 cm³/mol. The van der Waals surface area contributed by atoms with Crippen molar-refractivity contribution in [3.05, 3.63) is 0 Å². The van der Waals surface area contributed by atoms with E-state index in [4.69, 9.17) is 0 Å². The number of hydrogen-bond acceptors (Lipinski definition) is 0. The zero-order chi connectivity index (χ0) is 18.8. The van der Waals surface area contributed by atoms with E-state index in [0.29, 0.717) is 0 Å². The van der Waals surface area contributed by atoms with E-state index in [-0.39, 0.29) is 0 Å². The summed E-state index contributed by atoms with van der Waals surface area (Å²) in [5.74, 6) is 10.2. The Morgan fingerprint density at radius 3 is 0.875 bits per heavy atom. The fourth-order valence-corrected chi connectivity index (χ4v) is 5.61. The third kappa shape index (κ3) is 4.59. The van der Waals surface area contributed by atoms with Gasteiger partial charge < -0.3 is 0 Å². The lowest BCUT2D eigenvalue weighted by Crippen LogP contribution is -2.22. The molecule has 0 nitrogen and oxygen atoms in total. The molecule has 24 heavy (non-hydrogen) atoms. The fourth-order valence-electron chi connectivity index (χ4n) is 5.61. The SMILES string of the molecule is CC1C(C)C(C)C(CC2C(C)C(C)C(C)C2C)C1C.CCC(C)C. The van der Waals surface area contributed by atoms with Gasteiger partial charge in [0, 0.05) is 0 Å². The molecule has 8 atom stereocenters. The first-order chi connectivity index (χ1) is 11.0. The summed E-state index contributed by atoms with van der Waals surface area (Å²) < 4.78 is 0. The van der Waals surface area contributed by atoms with Gasteiger partial charge in [0.2, 0.25) is 0 Å². The molecule has 2 aliphatic carbocycles. The maximum Gasteiger partial charge on any atom is -0.0355 e. The molecule has 0 bridgehead atoms. The van der Waals surface area contributed by atoms with Gasteiger partial charge in [-0.25, -0.2) is 0 Å². The van der Waals surface area contributed by atoms with Crippen LogP contribution in [0, 0.1) is 65.1 Å². The Balaban J connectivity index is 0.000000505. The first-order valence-electron chi connectivity index (χ1n) is 11.0. The monoisotopic (exact) mass is 336 g/mol. The van der Waals surface area contributed by atoms with Gasteiger partial charge in [0.15, 0.2) is 0 Å². The van der Waals surface area contributed by atoms with Crippen LogP contribution < -0.4 is 0 Å². The summed E-state index contributed by atoms with van der Waals surface area (Å²) in [5, 5.41) is 0. The van der Waals surface area contributed by atoms with Crippen molar-refractivity contribution in [2.45, 2.75) is 89.0 Å². The summed E-state index contributed by atoms with van der Waals surface area (Å²) in [6.07, 6.45) is 2.80. The lowest BCUT2D eigenvalue weighted by molar-refractivity contribution is 0.193. The van der Waals surface area contributed by atoms with Crippen molar-refractivity contribution >= 4 is 0 Å². The van der Waals surface area contributed by atoms with Gasteiger partial charge in [-0.3, -0.25) is 0 Å². The molecule has 0 aliphatic heterocycles. The van der Waals surface area contributed by atoms with Crippen molar-refractivity contribution in [3.63, 3.8) is 0 Å². The first kappa shape index (κ1) is 22.0. The Hall–Kier alpha value is 0. The summed E-state index contributed by atoms with van der Waals surface area (Å²) >= 11 is 0. The van der Waals surface area contributed by atoms with E-state index >= 15 is 0 Å². The normalized spacial score (nSPS) is 48.5. The minimum absolute atomic E-state index is 0.884. The van der Waals surface area contributed by atoms with Crippen LogP contribution in [-0.2, 0) is 0 Å². The Labute approximate surface area is 154 Å². The maximum absolute atomic E-state index is 2.52. The summed E-state index contributed by atoms with van der Waals surface area (Å²) in [7, 11) is 0. The van der Waals surface area contributed by atoms with Crippen molar-refractivity contribution in [1.29, 1.82) is 0 Å². The largest absolute Gasteiger partial charge is 0.0651 e. The second-order valence-corrected chi connectivity index (χ2v) is 10.2. The van der Waals surface area contributed by atoms with E-state index in [1.165, 1.54) is 12.8 Å². The molecule has 2 rings (SSSR count). The van der Waals surface area contributed by atoms with E-state index in [9.17, 15) is 0 Å². The van der Waals surface area contributed by atoms with Crippen molar-refractivity contribution in [2.75, 3.05) is 0 Å². The standard InChI is InChI=1S/C19H36.C5H12/c1-10-11(2)15(6)18(14(10)5)9-19-16(7)12(3)13(4)17(19)8;1-4-5(2)3/h10-19H,9H2,1-8H3;5H,4H2,1-3H3. The van der Waals surface area contributed by atoms with Crippen LogP contribution in [0.15, 0.2) is 0 Å². The molecule has 144 valence electrons. The highest BCUT2D eigenvalue weighted by Gasteiger charge is 2.47. The molecule has 0 aromatic rings. The van der Waals surface area contributed by atoms with Gasteiger partial charge in [-0.2, -0.15) is 0 Å². The highest BCUT2D eigenvalue weighted by atomic mass is 14.5. The summed E-state index contributed by atoms with van der Waals surface area (Å²) in [4.78, 5) is 0.